The molecule has 0 spiro atoms. The molecule has 17 heavy (non-hydrogen) atoms. The van der Waals surface area contributed by atoms with Crippen molar-refractivity contribution in [3.63, 3.8) is 0 Å². The summed E-state index contributed by atoms with van der Waals surface area (Å²) in [4.78, 5) is 3.53. The van der Waals surface area contributed by atoms with Gasteiger partial charge in [-0.05, 0) is 11.3 Å². The third kappa shape index (κ3) is 2.60. The molecule has 0 saturated heterocycles. The molecule has 0 amide bonds. The van der Waals surface area contributed by atoms with Gasteiger partial charge in [0.1, 0.15) is 10.7 Å². The molecule has 8 nitrogen and oxygen atoms in total. The van der Waals surface area contributed by atoms with Crippen LogP contribution in [0, 0.1) is 0 Å². The van der Waals surface area contributed by atoms with Gasteiger partial charge < -0.3 is 5.73 Å². The highest BCUT2D eigenvalue weighted by Crippen LogP contribution is 2.21. The highest BCUT2D eigenvalue weighted by molar-refractivity contribution is 7.93. The largest absolute Gasteiger partial charge is 0.382 e. The maximum atomic E-state index is 11.8. The minimum atomic E-state index is -3.81. The standard InChI is InChI=1S/C6H5ClN6O2S2/c7-4-1-3(2-9-5(4)8)17(14,15)11-6-10-12-13-16-6/h1-2H,(H2,8,9)(H,10,11,13). The van der Waals surface area contributed by atoms with Gasteiger partial charge in [0.15, 0.2) is 0 Å². The lowest BCUT2D eigenvalue weighted by Gasteiger charge is -2.04. The van der Waals surface area contributed by atoms with Crippen LogP contribution in [0.4, 0.5) is 10.9 Å². The van der Waals surface area contributed by atoms with Crippen molar-refractivity contribution >= 4 is 44.1 Å². The van der Waals surface area contributed by atoms with Crippen molar-refractivity contribution in [2.24, 2.45) is 0 Å². The third-order valence-electron chi connectivity index (χ3n) is 1.68. The van der Waals surface area contributed by atoms with Crippen LogP contribution < -0.4 is 10.5 Å². The lowest BCUT2D eigenvalue weighted by atomic mass is 10.5. The van der Waals surface area contributed by atoms with Crippen LogP contribution in [-0.4, -0.2) is 28.2 Å². The number of nitrogens with two attached hydrogens (primary N) is 1. The quantitative estimate of drug-likeness (QED) is 0.837. The molecule has 2 aromatic rings. The molecule has 0 fully saturated rings. The van der Waals surface area contributed by atoms with Gasteiger partial charge in [-0.3, -0.25) is 4.72 Å². The topological polar surface area (TPSA) is 124 Å². The van der Waals surface area contributed by atoms with Gasteiger partial charge in [-0.1, -0.05) is 21.2 Å². The molecule has 0 radical (unpaired) electrons. The van der Waals surface area contributed by atoms with Gasteiger partial charge in [0, 0.05) is 17.7 Å². The minimum Gasteiger partial charge on any atom is -0.382 e. The molecule has 0 bridgehead atoms. The van der Waals surface area contributed by atoms with Crippen molar-refractivity contribution in [2.45, 2.75) is 4.90 Å². The predicted octanol–water partition coefficient (Wildman–Crippen LogP) is 0.364. The third-order valence-corrected chi connectivity index (χ3v) is 3.93. The van der Waals surface area contributed by atoms with Gasteiger partial charge in [0.2, 0.25) is 5.13 Å². The summed E-state index contributed by atoms with van der Waals surface area (Å²) in [5.74, 6) is 0.0585. The monoisotopic (exact) mass is 292 g/mol. The summed E-state index contributed by atoms with van der Waals surface area (Å²) in [7, 11) is -3.81. The summed E-state index contributed by atoms with van der Waals surface area (Å²) >= 11 is 6.50. The molecule has 0 aliphatic rings. The van der Waals surface area contributed by atoms with E-state index < -0.39 is 10.0 Å². The van der Waals surface area contributed by atoms with Crippen LogP contribution in [0.5, 0.6) is 0 Å². The molecule has 2 rings (SSSR count). The highest BCUT2D eigenvalue weighted by atomic mass is 35.5. The van der Waals surface area contributed by atoms with E-state index in [0.717, 1.165) is 17.7 Å². The number of nitrogens with one attached hydrogen (secondary N) is 1. The molecule has 2 aromatic heterocycles. The molecule has 0 unspecified atom stereocenters. The molecule has 2 heterocycles. The van der Waals surface area contributed by atoms with Gasteiger partial charge in [0.25, 0.3) is 10.0 Å². The van der Waals surface area contributed by atoms with Crippen molar-refractivity contribution in [3.8, 4) is 0 Å². The Morgan fingerprint density at radius 3 is 2.82 bits per heavy atom. The van der Waals surface area contributed by atoms with Crippen molar-refractivity contribution in [2.75, 3.05) is 10.5 Å². The van der Waals surface area contributed by atoms with Crippen LogP contribution in [-0.2, 0) is 10.0 Å². The van der Waals surface area contributed by atoms with E-state index in [1.165, 1.54) is 6.07 Å². The number of nitrogen functional groups attached to an aromatic ring is 1. The first kappa shape index (κ1) is 12.0. The number of aromatic nitrogens is 4. The van der Waals surface area contributed by atoms with Crippen LogP contribution in [0.2, 0.25) is 5.02 Å². The summed E-state index contributed by atoms with van der Waals surface area (Å²) in [6.07, 6.45) is 1.10. The first-order chi connectivity index (χ1) is 7.99. The van der Waals surface area contributed by atoms with Crippen molar-refractivity contribution in [3.05, 3.63) is 17.3 Å². The zero-order valence-electron chi connectivity index (χ0n) is 8.03. The fraction of sp³-hybridized carbons (Fsp3) is 0. The minimum absolute atomic E-state index is 0.0537. The Morgan fingerprint density at radius 1 is 1.47 bits per heavy atom. The molecule has 3 N–H and O–H groups in total. The molecule has 11 heteroatoms. The fourth-order valence-electron chi connectivity index (χ4n) is 0.925. The van der Waals surface area contributed by atoms with Crippen LogP contribution >= 0.6 is 23.1 Å². The maximum Gasteiger partial charge on any atom is 0.265 e. The Kier molecular flexibility index (Phi) is 3.09. The predicted molar refractivity (Wildman–Crippen MR) is 62.2 cm³/mol. The van der Waals surface area contributed by atoms with Gasteiger partial charge in [-0.25, -0.2) is 13.4 Å². The summed E-state index contributed by atoms with van der Waals surface area (Å²) in [5.41, 5.74) is 5.38. The van der Waals surface area contributed by atoms with E-state index in [1.807, 2.05) is 0 Å². The van der Waals surface area contributed by atoms with E-state index >= 15 is 0 Å². The zero-order valence-corrected chi connectivity index (χ0v) is 10.4. The van der Waals surface area contributed by atoms with Crippen LogP contribution in [0.25, 0.3) is 0 Å². The number of nitrogens with zero attached hydrogens (tertiary/aromatic N) is 4. The van der Waals surface area contributed by atoms with E-state index in [2.05, 4.69) is 24.5 Å². The van der Waals surface area contributed by atoms with Crippen LogP contribution in [0.1, 0.15) is 0 Å². The van der Waals surface area contributed by atoms with E-state index in [-0.39, 0.29) is 20.9 Å². The number of pyridine rings is 1. The molecule has 0 aliphatic carbocycles. The van der Waals surface area contributed by atoms with Crippen LogP contribution in [0.3, 0.4) is 0 Å². The normalized spacial score (nSPS) is 11.4. The molecule has 0 aromatic carbocycles. The van der Waals surface area contributed by atoms with Crippen LogP contribution in [0.15, 0.2) is 17.2 Å². The first-order valence-corrected chi connectivity index (χ1v) is 6.71. The smallest absolute Gasteiger partial charge is 0.265 e. The Labute approximate surface area is 105 Å². The van der Waals surface area contributed by atoms with Gasteiger partial charge in [-0.15, -0.1) is 0 Å². The summed E-state index contributed by atoms with van der Waals surface area (Å²) < 4.78 is 29.2. The van der Waals surface area contributed by atoms with Gasteiger partial charge in [0.05, 0.1) is 5.02 Å². The number of halogens is 1. The maximum absolute atomic E-state index is 11.8. The molecular weight excluding hydrogens is 288 g/mol. The lowest BCUT2D eigenvalue weighted by Crippen LogP contribution is -2.13. The zero-order chi connectivity index (χ0) is 12.5. The summed E-state index contributed by atoms with van der Waals surface area (Å²) in [6.45, 7) is 0. The number of sulfonamides is 1. The number of rotatable bonds is 3. The second-order valence-corrected chi connectivity index (χ2v) is 5.63. The molecule has 0 atom stereocenters. The van der Waals surface area contributed by atoms with E-state index in [1.54, 1.807) is 0 Å². The van der Waals surface area contributed by atoms with Crippen molar-refractivity contribution < 1.29 is 8.42 Å². The highest BCUT2D eigenvalue weighted by Gasteiger charge is 2.17. The second-order valence-electron chi connectivity index (χ2n) is 2.81. The number of anilines is 2. The Hall–Kier alpha value is -1.52. The SMILES string of the molecule is Nc1ncc(S(=O)(=O)Nc2nnns2)cc1Cl. The summed E-state index contributed by atoms with van der Waals surface area (Å²) in [5, 5.41) is 6.83. The molecule has 0 aliphatic heterocycles. The average Bonchev–Trinajstić information content (AvgIpc) is 2.73. The number of hydrogen-bond donors (Lipinski definition) is 2. The first-order valence-electron chi connectivity index (χ1n) is 4.08. The summed E-state index contributed by atoms with van der Waals surface area (Å²) in [6, 6.07) is 1.20. The Morgan fingerprint density at radius 2 is 2.24 bits per heavy atom. The number of hydrogen-bond acceptors (Lipinski definition) is 8. The van der Waals surface area contributed by atoms with Crippen molar-refractivity contribution in [1.82, 2.24) is 19.8 Å². The van der Waals surface area contributed by atoms with E-state index in [0.29, 0.717) is 0 Å². The van der Waals surface area contributed by atoms with Crippen molar-refractivity contribution in [1.29, 1.82) is 0 Å². The Bertz CT molecular complexity index is 628. The molecule has 90 valence electrons. The Balaban J connectivity index is 2.35. The lowest BCUT2D eigenvalue weighted by molar-refractivity contribution is 0.600. The van der Waals surface area contributed by atoms with E-state index in [9.17, 15) is 8.42 Å². The molecule has 0 saturated carbocycles. The molecular formula is C6H5ClN6O2S2. The fourth-order valence-corrected chi connectivity index (χ4v) is 2.71. The average molecular weight is 293 g/mol. The van der Waals surface area contributed by atoms with Gasteiger partial charge >= 0.3 is 0 Å². The van der Waals surface area contributed by atoms with E-state index in [4.69, 9.17) is 17.3 Å². The van der Waals surface area contributed by atoms with Gasteiger partial charge in [-0.2, -0.15) is 0 Å². The second kappa shape index (κ2) is 4.39.